The quantitative estimate of drug-likeness (QED) is 0.850. The van der Waals surface area contributed by atoms with Crippen LogP contribution in [0.5, 0.6) is 0 Å². The Morgan fingerprint density at radius 2 is 2.21 bits per heavy atom. The number of rotatable bonds is 6. The van der Waals surface area contributed by atoms with Crippen molar-refractivity contribution in [1.29, 1.82) is 0 Å². The third-order valence-electron chi connectivity index (χ3n) is 3.44. The van der Waals surface area contributed by atoms with Gasteiger partial charge in [0.15, 0.2) is 0 Å². The van der Waals surface area contributed by atoms with Gasteiger partial charge in [0.2, 0.25) is 5.91 Å². The summed E-state index contributed by atoms with van der Waals surface area (Å²) in [5, 5.41) is 2.95. The molecule has 1 heterocycles. The second-order valence-electron chi connectivity index (χ2n) is 4.77. The molecule has 0 spiro atoms. The van der Waals surface area contributed by atoms with Crippen LogP contribution in [0.15, 0.2) is 30.3 Å². The molecule has 4 heteroatoms. The number of hydrogen-bond donors (Lipinski definition) is 1. The van der Waals surface area contributed by atoms with Crippen LogP contribution in [0.3, 0.4) is 0 Å². The molecule has 0 saturated carbocycles. The molecule has 2 rings (SSSR count). The summed E-state index contributed by atoms with van der Waals surface area (Å²) in [6.45, 7) is 4.39. The van der Waals surface area contributed by atoms with E-state index >= 15 is 0 Å². The Hall–Kier alpha value is -1.55. The normalized spacial score (nSPS) is 18.6. The monoisotopic (exact) mass is 262 g/mol. The average Bonchev–Trinajstić information content (AvgIpc) is 2.92. The molecule has 0 aromatic heterocycles. The van der Waals surface area contributed by atoms with E-state index in [1.54, 1.807) is 0 Å². The highest BCUT2D eigenvalue weighted by Crippen LogP contribution is 2.24. The molecule has 104 valence electrons. The first-order valence-corrected chi connectivity index (χ1v) is 6.97. The molecule has 1 aromatic carbocycles. The van der Waals surface area contributed by atoms with Crippen LogP contribution in [0.25, 0.3) is 0 Å². The Morgan fingerprint density at radius 1 is 1.42 bits per heavy atom. The van der Waals surface area contributed by atoms with Crippen LogP contribution in [0, 0.1) is 0 Å². The van der Waals surface area contributed by atoms with Crippen LogP contribution in [0.1, 0.15) is 19.8 Å². The number of hydrogen-bond acceptors (Lipinski definition) is 3. The molecule has 0 aliphatic carbocycles. The minimum atomic E-state index is -0.0261. The van der Waals surface area contributed by atoms with Crippen molar-refractivity contribution < 1.29 is 9.53 Å². The number of nitrogens with zero attached hydrogens (tertiary/aromatic N) is 1. The molecule has 1 amide bonds. The minimum absolute atomic E-state index is 0.0261. The molecule has 1 fully saturated rings. The first kappa shape index (κ1) is 13.9. The fourth-order valence-corrected chi connectivity index (χ4v) is 2.48. The molecule has 0 bridgehead atoms. The standard InChI is InChI=1S/C15H22N2O2/c1-2-19-12-15(18)16-11-14-9-6-10-17(14)13-7-4-3-5-8-13/h3-5,7-8,14H,2,6,9-12H2,1H3,(H,16,18). The van der Waals surface area contributed by atoms with Gasteiger partial charge in [-0.1, -0.05) is 18.2 Å². The lowest BCUT2D eigenvalue weighted by molar-refractivity contribution is -0.125. The lowest BCUT2D eigenvalue weighted by atomic mass is 10.2. The molecule has 1 aromatic rings. The number of para-hydroxylation sites is 1. The Balaban J connectivity index is 1.84. The number of carbonyl (C=O) groups excluding carboxylic acids is 1. The number of carbonyl (C=O) groups is 1. The molecule has 19 heavy (non-hydrogen) atoms. The van der Waals surface area contributed by atoms with Gasteiger partial charge < -0.3 is 15.0 Å². The van der Waals surface area contributed by atoms with Crippen LogP contribution in [0.2, 0.25) is 0 Å². The van der Waals surface area contributed by atoms with E-state index in [2.05, 4.69) is 34.5 Å². The maximum absolute atomic E-state index is 11.5. The fraction of sp³-hybridized carbons (Fsp3) is 0.533. The van der Waals surface area contributed by atoms with Crippen molar-refractivity contribution in [3.05, 3.63) is 30.3 Å². The molecule has 0 radical (unpaired) electrons. The number of nitrogens with one attached hydrogen (secondary N) is 1. The first-order valence-electron chi connectivity index (χ1n) is 6.97. The van der Waals surface area contributed by atoms with Crippen molar-refractivity contribution in [2.45, 2.75) is 25.8 Å². The number of benzene rings is 1. The number of amides is 1. The third kappa shape index (κ3) is 3.96. The molecular weight excluding hydrogens is 240 g/mol. The van der Waals surface area contributed by atoms with Gasteiger partial charge in [-0.15, -0.1) is 0 Å². The Kier molecular flexibility index (Phi) is 5.21. The summed E-state index contributed by atoms with van der Waals surface area (Å²) in [6, 6.07) is 10.8. The highest BCUT2D eigenvalue weighted by molar-refractivity contribution is 5.77. The highest BCUT2D eigenvalue weighted by Gasteiger charge is 2.24. The van der Waals surface area contributed by atoms with Crippen molar-refractivity contribution in [3.63, 3.8) is 0 Å². The maximum atomic E-state index is 11.5. The van der Waals surface area contributed by atoms with Crippen molar-refractivity contribution in [1.82, 2.24) is 5.32 Å². The van der Waals surface area contributed by atoms with E-state index in [1.165, 1.54) is 12.1 Å². The van der Waals surface area contributed by atoms with E-state index in [0.717, 1.165) is 13.0 Å². The minimum Gasteiger partial charge on any atom is -0.372 e. The van der Waals surface area contributed by atoms with Crippen molar-refractivity contribution in [2.75, 3.05) is 31.2 Å². The second-order valence-corrected chi connectivity index (χ2v) is 4.77. The number of anilines is 1. The molecule has 1 saturated heterocycles. The van der Waals surface area contributed by atoms with Gasteiger partial charge in [0.05, 0.1) is 0 Å². The first-order chi connectivity index (χ1) is 9.31. The second kappa shape index (κ2) is 7.14. The summed E-state index contributed by atoms with van der Waals surface area (Å²) in [4.78, 5) is 13.9. The van der Waals surface area contributed by atoms with Gasteiger partial charge in [-0.25, -0.2) is 0 Å². The van der Waals surface area contributed by atoms with E-state index in [4.69, 9.17) is 4.74 Å². The summed E-state index contributed by atoms with van der Waals surface area (Å²) < 4.78 is 5.10. The predicted octanol–water partition coefficient (Wildman–Crippen LogP) is 1.81. The zero-order chi connectivity index (χ0) is 13.5. The smallest absolute Gasteiger partial charge is 0.246 e. The van der Waals surface area contributed by atoms with Crippen LogP contribution in [-0.2, 0) is 9.53 Å². The van der Waals surface area contributed by atoms with Gasteiger partial charge in [0.25, 0.3) is 0 Å². The molecule has 1 unspecified atom stereocenters. The van der Waals surface area contributed by atoms with Gasteiger partial charge in [-0.2, -0.15) is 0 Å². The Morgan fingerprint density at radius 3 is 2.95 bits per heavy atom. The van der Waals surface area contributed by atoms with Crippen molar-refractivity contribution in [2.24, 2.45) is 0 Å². The SMILES string of the molecule is CCOCC(=O)NCC1CCCN1c1ccccc1. The molecule has 4 nitrogen and oxygen atoms in total. The van der Waals surface area contributed by atoms with E-state index in [9.17, 15) is 4.79 Å². The maximum Gasteiger partial charge on any atom is 0.246 e. The van der Waals surface area contributed by atoms with E-state index < -0.39 is 0 Å². The van der Waals surface area contributed by atoms with Crippen LogP contribution >= 0.6 is 0 Å². The topological polar surface area (TPSA) is 41.6 Å². The van der Waals surface area contributed by atoms with Gasteiger partial charge in [-0.3, -0.25) is 4.79 Å². The van der Waals surface area contributed by atoms with Crippen LogP contribution in [-0.4, -0.2) is 38.3 Å². The van der Waals surface area contributed by atoms with Gasteiger partial charge in [-0.05, 0) is 31.9 Å². The summed E-state index contributed by atoms with van der Waals surface area (Å²) in [5.74, 6) is -0.0261. The average molecular weight is 262 g/mol. The van der Waals surface area contributed by atoms with Gasteiger partial charge in [0, 0.05) is 31.4 Å². The molecule has 1 aliphatic heterocycles. The fourth-order valence-electron chi connectivity index (χ4n) is 2.48. The third-order valence-corrected chi connectivity index (χ3v) is 3.44. The lowest BCUT2D eigenvalue weighted by Gasteiger charge is -2.27. The molecule has 1 atom stereocenters. The Bertz CT molecular complexity index is 394. The van der Waals surface area contributed by atoms with E-state index in [-0.39, 0.29) is 12.5 Å². The summed E-state index contributed by atoms with van der Waals surface area (Å²) in [6.07, 6.45) is 2.31. The summed E-state index contributed by atoms with van der Waals surface area (Å²) >= 11 is 0. The Labute approximate surface area is 114 Å². The zero-order valence-corrected chi connectivity index (χ0v) is 11.5. The highest BCUT2D eigenvalue weighted by atomic mass is 16.5. The van der Waals surface area contributed by atoms with E-state index in [1.807, 2.05) is 13.0 Å². The van der Waals surface area contributed by atoms with E-state index in [0.29, 0.717) is 19.2 Å². The zero-order valence-electron chi connectivity index (χ0n) is 11.5. The molecule has 1 N–H and O–H groups in total. The van der Waals surface area contributed by atoms with Gasteiger partial charge in [0.1, 0.15) is 6.61 Å². The summed E-state index contributed by atoms with van der Waals surface area (Å²) in [5.41, 5.74) is 1.24. The predicted molar refractivity (Wildman–Crippen MR) is 76.3 cm³/mol. The van der Waals surface area contributed by atoms with Crippen molar-refractivity contribution in [3.8, 4) is 0 Å². The van der Waals surface area contributed by atoms with Crippen LogP contribution < -0.4 is 10.2 Å². The van der Waals surface area contributed by atoms with Crippen LogP contribution in [0.4, 0.5) is 5.69 Å². The lowest BCUT2D eigenvalue weighted by Crippen LogP contribution is -2.41. The van der Waals surface area contributed by atoms with Crippen molar-refractivity contribution >= 4 is 11.6 Å². The largest absolute Gasteiger partial charge is 0.372 e. The summed E-state index contributed by atoms with van der Waals surface area (Å²) in [7, 11) is 0. The number of ether oxygens (including phenoxy) is 1. The molecule has 1 aliphatic rings. The van der Waals surface area contributed by atoms with Gasteiger partial charge >= 0.3 is 0 Å². The molecular formula is C15H22N2O2.